The number of likely N-dealkylation sites (N-methyl/N-ethyl adjacent to an activating group) is 1. The Kier molecular flexibility index (Phi) is 6.08. The second-order valence-electron chi connectivity index (χ2n) is 8.55. The monoisotopic (exact) mass is 486 g/mol. The van der Waals surface area contributed by atoms with Gasteiger partial charge in [0.05, 0.1) is 22.5 Å². The number of anilines is 2. The van der Waals surface area contributed by atoms with Crippen LogP contribution in [0.4, 0.5) is 11.5 Å². The third-order valence-corrected chi connectivity index (χ3v) is 6.64. The molecule has 0 aliphatic heterocycles. The van der Waals surface area contributed by atoms with Gasteiger partial charge in [-0.2, -0.15) is 0 Å². The van der Waals surface area contributed by atoms with Crippen molar-refractivity contribution < 1.29 is 9.53 Å². The van der Waals surface area contributed by atoms with Crippen LogP contribution in [0.1, 0.15) is 16.8 Å². The molecule has 3 heterocycles. The van der Waals surface area contributed by atoms with Gasteiger partial charge in [-0.3, -0.25) is 4.79 Å². The fraction of sp³-hybridized carbons (Fsp3) is 0.231. The molecule has 0 saturated heterocycles. The molecule has 9 heteroatoms. The molecule has 1 N–H and O–H groups in total. The second-order valence-corrected chi connectivity index (χ2v) is 9.87. The Labute approximate surface area is 207 Å². The van der Waals surface area contributed by atoms with Crippen molar-refractivity contribution in [3.8, 4) is 5.75 Å². The number of hydrogen-bond donors (Lipinski definition) is 1. The van der Waals surface area contributed by atoms with Crippen molar-refractivity contribution in [1.29, 1.82) is 0 Å². The van der Waals surface area contributed by atoms with Crippen molar-refractivity contribution in [2.45, 2.75) is 26.5 Å². The molecule has 0 bridgehead atoms. The summed E-state index contributed by atoms with van der Waals surface area (Å²) in [5.74, 6) is 1.06. The maximum absolute atomic E-state index is 12.4. The average molecular weight is 487 g/mol. The first-order chi connectivity index (χ1) is 16.9. The lowest BCUT2D eigenvalue weighted by Gasteiger charge is -2.20. The molecule has 5 rings (SSSR count). The number of nitrogens with zero attached hydrogens (tertiary/aromatic N) is 5. The molecule has 1 unspecified atom stereocenters. The summed E-state index contributed by atoms with van der Waals surface area (Å²) >= 11 is 1.72. The number of benzene rings is 2. The molecule has 0 spiro atoms. The number of fused-ring (bicyclic) bond motifs is 2. The summed E-state index contributed by atoms with van der Waals surface area (Å²) in [5.41, 5.74) is 2.78. The van der Waals surface area contributed by atoms with E-state index in [2.05, 4.69) is 49.2 Å². The lowest BCUT2D eigenvalue weighted by Crippen LogP contribution is -2.35. The Bertz CT molecular complexity index is 1520. The highest BCUT2D eigenvalue weighted by Crippen LogP contribution is 2.33. The molecule has 0 fully saturated rings. The SMILES string of the molecule is Cc1ncc(Cn2ccc3cc(Nc4ncnc5cccc(OC(C)C(=O)N(C)C)c45)ccc32)s1. The van der Waals surface area contributed by atoms with Crippen LogP contribution in [0.15, 0.2) is 61.2 Å². The van der Waals surface area contributed by atoms with Gasteiger partial charge in [-0.25, -0.2) is 15.0 Å². The van der Waals surface area contributed by atoms with Crippen LogP contribution in [-0.2, 0) is 11.3 Å². The highest BCUT2D eigenvalue weighted by atomic mass is 32.1. The zero-order valence-electron chi connectivity index (χ0n) is 20.0. The molecule has 3 aromatic heterocycles. The van der Waals surface area contributed by atoms with Gasteiger partial charge in [0, 0.05) is 48.0 Å². The molecular formula is C26H26N6O2S. The van der Waals surface area contributed by atoms with Crippen LogP contribution in [0.5, 0.6) is 5.75 Å². The lowest BCUT2D eigenvalue weighted by atomic mass is 10.2. The topological polar surface area (TPSA) is 85.2 Å². The van der Waals surface area contributed by atoms with E-state index in [9.17, 15) is 4.79 Å². The summed E-state index contributed by atoms with van der Waals surface area (Å²) < 4.78 is 8.27. The number of aryl methyl sites for hydroxylation is 1. The number of carbonyl (C=O) groups excluding carboxylic acids is 1. The minimum atomic E-state index is -0.637. The minimum Gasteiger partial charge on any atom is -0.480 e. The summed E-state index contributed by atoms with van der Waals surface area (Å²) in [6, 6.07) is 13.9. The minimum absolute atomic E-state index is 0.114. The van der Waals surface area contributed by atoms with Gasteiger partial charge in [0.15, 0.2) is 6.10 Å². The highest BCUT2D eigenvalue weighted by molar-refractivity contribution is 7.11. The Hall–Kier alpha value is -3.98. The summed E-state index contributed by atoms with van der Waals surface area (Å²) in [4.78, 5) is 28.3. The largest absolute Gasteiger partial charge is 0.480 e. The molecular weight excluding hydrogens is 460 g/mol. The van der Waals surface area contributed by atoms with Crippen LogP contribution in [0.3, 0.4) is 0 Å². The van der Waals surface area contributed by atoms with Crippen LogP contribution < -0.4 is 10.1 Å². The predicted molar refractivity (Wildman–Crippen MR) is 139 cm³/mol. The van der Waals surface area contributed by atoms with Crippen LogP contribution in [0, 0.1) is 6.92 Å². The van der Waals surface area contributed by atoms with Gasteiger partial charge < -0.3 is 19.5 Å². The van der Waals surface area contributed by atoms with Crippen molar-refractivity contribution in [3.05, 3.63) is 71.1 Å². The number of rotatable bonds is 7. The standard InChI is InChI=1S/C26H26N6O2S/c1-16(26(33)31(3)4)34-23-7-5-6-21-24(23)25(29-15-28-21)30-19-8-9-22-18(12-19)10-11-32(22)14-20-13-27-17(2)35-20/h5-13,15-16H,14H2,1-4H3,(H,28,29,30). The normalized spacial score (nSPS) is 12.1. The Morgan fingerprint density at radius 2 is 2.03 bits per heavy atom. The van der Waals surface area contributed by atoms with Gasteiger partial charge in [0.2, 0.25) is 0 Å². The molecule has 1 atom stereocenters. The van der Waals surface area contributed by atoms with Gasteiger partial charge in [0.25, 0.3) is 5.91 Å². The van der Waals surface area contributed by atoms with Crippen LogP contribution in [0.2, 0.25) is 0 Å². The van der Waals surface area contributed by atoms with Crippen LogP contribution >= 0.6 is 11.3 Å². The highest BCUT2D eigenvalue weighted by Gasteiger charge is 2.19. The molecule has 1 amide bonds. The van der Waals surface area contributed by atoms with Crippen LogP contribution in [-0.4, -0.2) is 50.5 Å². The van der Waals surface area contributed by atoms with Gasteiger partial charge in [-0.05, 0) is 50.2 Å². The molecule has 0 aliphatic carbocycles. The van der Waals surface area contributed by atoms with Gasteiger partial charge in [-0.1, -0.05) is 6.07 Å². The zero-order chi connectivity index (χ0) is 24.5. The van der Waals surface area contributed by atoms with E-state index in [0.717, 1.165) is 39.0 Å². The fourth-order valence-electron chi connectivity index (χ4n) is 4.07. The summed E-state index contributed by atoms with van der Waals surface area (Å²) in [6.45, 7) is 4.56. The van der Waals surface area contributed by atoms with Gasteiger partial charge in [0.1, 0.15) is 17.9 Å². The van der Waals surface area contributed by atoms with Crippen molar-refractivity contribution >= 4 is 50.6 Å². The third kappa shape index (κ3) is 4.67. The quantitative estimate of drug-likeness (QED) is 0.349. The zero-order valence-corrected chi connectivity index (χ0v) is 20.8. The molecule has 178 valence electrons. The van der Waals surface area contributed by atoms with E-state index < -0.39 is 6.10 Å². The van der Waals surface area contributed by atoms with Crippen molar-refractivity contribution in [2.75, 3.05) is 19.4 Å². The first kappa shape index (κ1) is 22.8. The van der Waals surface area contributed by atoms with E-state index in [1.165, 1.54) is 16.1 Å². The van der Waals surface area contributed by atoms with E-state index in [0.29, 0.717) is 11.6 Å². The van der Waals surface area contributed by atoms with Crippen molar-refractivity contribution in [1.82, 2.24) is 24.4 Å². The number of hydrogen-bond acceptors (Lipinski definition) is 7. The number of amides is 1. The third-order valence-electron chi connectivity index (χ3n) is 5.75. The number of thiazole rings is 1. The number of ether oxygens (including phenoxy) is 1. The molecule has 0 aliphatic rings. The Morgan fingerprint density at radius 1 is 1.17 bits per heavy atom. The molecule has 0 radical (unpaired) electrons. The summed E-state index contributed by atoms with van der Waals surface area (Å²) in [7, 11) is 3.42. The lowest BCUT2D eigenvalue weighted by molar-refractivity contribution is -0.135. The molecule has 8 nitrogen and oxygen atoms in total. The number of carbonyl (C=O) groups is 1. The van der Waals surface area contributed by atoms with Gasteiger partial charge >= 0.3 is 0 Å². The van der Waals surface area contributed by atoms with E-state index in [1.807, 2.05) is 37.4 Å². The molecule has 5 aromatic rings. The van der Waals surface area contributed by atoms with E-state index >= 15 is 0 Å². The first-order valence-corrected chi connectivity index (χ1v) is 12.1. The average Bonchev–Trinajstić information content (AvgIpc) is 3.44. The summed E-state index contributed by atoms with van der Waals surface area (Å²) in [5, 5.41) is 6.35. The Balaban J connectivity index is 1.45. The van der Waals surface area contributed by atoms with E-state index in [4.69, 9.17) is 4.74 Å². The summed E-state index contributed by atoms with van der Waals surface area (Å²) in [6.07, 6.45) is 4.92. The maximum atomic E-state index is 12.4. The number of aromatic nitrogens is 4. The van der Waals surface area contributed by atoms with E-state index in [-0.39, 0.29) is 5.91 Å². The molecule has 35 heavy (non-hydrogen) atoms. The smallest absolute Gasteiger partial charge is 0.262 e. The van der Waals surface area contributed by atoms with Crippen molar-refractivity contribution in [3.63, 3.8) is 0 Å². The first-order valence-electron chi connectivity index (χ1n) is 11.3. The second kappa shape index (κ2) is 9.34. The predicted octanol–water partition coefficient (Wildman–Crippen LogP) is 5.00. The molecule has 2 aromatic carbocycles. The van der Waals surface area contributed by atoms with E-state index in [1.54, 1.807) is 32.4 Å². The molecule has 0 saturated carbocycles. The van der Waals surface area contributed by atoms with Crippen molar-refractivity contribution in [2.24, 2.45) is 0 Å². The van der Waals surface area contributed by atoms with Crippen LogP contribution in [0.25, 0.3) is 21.8 Å². The number of nitrogens with one attached hydrogen (secondary N) is 1. The maximum Gasteiger partial charge on any atom is 0.262 e. The Morgan fingerprint density at radius 3 is 2.80 bits per heavy atom. The fourth-order valence-corrected chi connectivity index (χ4v) is 4.87. The van der Waals surface area contributed by atoms with Gasteiger partial charge in [-0.15, -0.1) is 11.3 Å².